The summed E-state index contributed by atoms with van der Waals surface area (Å²) in [7, 11) is 0. The number of hydrogen-bond acceptors (Lipinski definition) is 3. The number of allylic oxidation sites excluding steroid dienone is 1. The summed E-state index contributed by atoms with van der Waals surface area (Å²) in [6, 6.07) is 0. The molecule has 1 heterocycles. The fraction of sp³-hybridized carbons (Fsp3) is 0.875. The number of likely N-dealkylation sites (tertiary alicyclic amines) is 1. The van der Waals surface area contributed by atoms with Crippen molar-refractivity contribution in [2.24, 2.45) is 5.41 Å². The van der Waals surface area contributed by atoms with Gasteiger partial charge in [0.05, 0.1) is 5.60 Å². The fourth-order valence-electron chi connectivity index (χ4n) is 3.65. The summed E-state index contributed by atoms with van der Waals surface area (Å²) in [4.78, 5) is 2.09. The summed E-state index contributed by atoms with van der Waals surface area (Å²) in [5, 5.41) is 21.5. The van der Waals surface area contributed by atoms with E-state index >= 15 is 0 Å². The molecule has 0 radical (unpaired) electrons. The van der Waals surface area contributed by atoms with Crippen LogP contribution in [0.4, 0.5) is 0 Å². The van der Waals surface area contributed by atoms with Gasteiger partial charge in [0.15, 0.2) is 0 Å². The molecule has 0 saturated carbocycles. The molecule has 0 aromatic carbocycles. The van der Waals surface area contributed by atoms with Gasteiger partial charge in [-0.15, -0.1) is 11.6 Å². The molecule has 0 bridgehead atoms. The number of halogens is 1. The van der Waals surface area contributed by atoms with Gasteiger partial charge < -0.3 is 10.2 Å². The zero-order valence-corrected chi connectivity index (χ0v) is 13.7. The van der Waals surface area contributed by atoms with E-state index in [1.165, 1.54) is 0 Å². The van der Waals surface area contributed by atoms with Gasteiger partial charge >= 0.3 is 0 Å². The first-order chi connectivity index (χ1) is 9.30. The Morgan fingerprint density at radius 3 is 2.70 bits per heavy atom. The van der Waals surface area contributed by atoms with Crippen LogP contribution in [-0.2, 0) is 0 Å². The van der Waals surface area contributed by atoms with Crippen LogP contribution in [0.3, 0.4) is 0 Å². The van der Waals surface area contributed by atoms with Crippen molar-refractivity contribution in [2.75, 3.05) is 13.1 Å². The lowest BCUT2D eigenvalue weighted by Gasteiger charge is -2.53. The van der Waals surface area contributed by atoms with E-state index in [0.717, 1.165) is 44.3 Å². The van der Waals surface area contributed by atoms with Gasteiger partial charge in [0.1, 0.15) is 6.23 Å². The highest BCUT2D eigenvalue weighted by molar-refractivity contribution is 6.20. The minimum atomic E-state index is -0.756. The molecular weight excluding hydrogens is 274 g/mol. The van der Waals surface area contributed by atoms with Crippen LogP contribution in [0, 0.1) is 5.41 Å². The third kappa shape index (κ3) is 2.92. The summed E-state index contributed by atoms with van der Waals surface area (Å²) >= 11 is 6.15. The lowest BCUT2D eigenvalue weighted by atomic mass is 9.64. The molecule has 20 heavy (non-hydrogen) atoms. The van der Waals surface area contributed by atoms with E-state index in [9.17, 15) is 10.2 Å². The van der Waals surface area contributed by atoms with E-state index in [1.54, 1.807) is 0 Å². The molecule has 3 atom stereocenters. The largest absolute Gasteiger partial charge is 0.385 e. The van der Waals surface area contributed by atoms with Crippen LogP contribution in [0.25, 0.3) is 0 Å². The summed E-state index contributed by atoms with van der Waals surface area (Å²) < 4.78 is 0. The standard InChI is InChI=1S/C16H28ClNO2/c1-4-14(19)18-10-9-16(20,15(2,3)11-18)12-5-7-13(17)8-6-12/h5,13-14,19-20H,4,6-11H2,1-3H3. The highest BCUT2D eigenvalue weighted by Crippen LogP contribution is 2.46. The van der Waals surface area contributed by atoms with Crippen molar-refractivity contribution >= 4 is 11.6 Å². The van der Waals surface area contributed by atoms with Gasteiger partial charge in [-0.05, 0) is 37.7 Å². The number of piperidine rings is 1. The van der Waals surface area contributed by atoms with Crippen LogP contribution >= 0.6 is 11.6 Å². The average Bonchev–Trinajstić information content (AvgIpc) is 2.41. The van der Waals surface area contributed by atoms with E-state index in [4.69, 9.17) is 11.6 Å². The molecule has 2 rings (SSSR count). The summed E-state index contributed by atoms with van der Waals surface area (Å²) in [6.07, 6.45) is 5.87. The van der Waals surface area contributed by atoms with E-state index in [1.807, 2.05) is 6.92 Å². The second kappa shape index (κ2) is 5.96. The van der Waals surface area contributed by atoms with Crippen LogP contribution in [0.1, 0.15) is 52.9 Å². The maximum absolute atomic E-state index is 11.3. The molecule has 1 saturated heterocycles. The third-order valence-electron chi connectivity index (χ3n) is 5.14. The van der Waals surface area contributed by atoms with Crippen LogP contribution in [0.5, 0.6) is 0 Å². The Morgan fingerprint density at radius 2 is 2.20 bits per heavy atom. The summed E-state index contributed by atoms with van der Waals surface area (Å²) in [5.41, 5.74) is 0.144. The maximum Gasteiger partial charge on any atom is 0.107 e. The second-order valence-corrected chi connectivity index (χ2v) is 7.57. The van der Waals surface area contributed by atoms with Crippen molar-refractivity contribution < 1.29 is 10.2 Å². The topological polar surface area (TPSA) is 43.7 Å². The predicted octanol–water partition coefficient (Wildman–Crippen LogP) is 2.90. The van der Waals surface area contributed by atoms with Crippen molar-refractivity contribution in [1.29, 1.82) is 0 Å². The van der Waals surface area contributed by atoms with Crippen LogP contribution in [0.15, 0.2) is 11.6 Å². The van der Waals surface area contributed by atoms with Crippen molar-refractivity contribution in [3.05, 3.63) is 11.6 Å². The van der Waals surface area contributed by atoms with Gasteiger partial charge in [-0.2, -0.15) is 0 Å². The molecule has 4 heteroatoms. The summed E-state index contributed by atoms with van der Waals surface area (Å²) in [5.74, 6) is 0. The van der Waals surface area contributed by atoms with Crippen molar-refractivity contribution in [2.45, 2.75) is 70.1 Å². The zero-order valence-electron chi connectivity index (χ0n) is 12.9. The van der Waals surface area contributed by atoms with Crippen molar-refractivity contribution in [3.63, 3.8) is 0 Å². The quantitative estimate of drug-likeness (QED) is 0.622. The van der Waals surface area contributed by atoms with E-state index in [0.29, 0.717) is 6.42 Å². The second-order valence-electron chi connectivity index (χ2n) is 6.95. The molecule has 3 unspecified atom stereocenters. The summed E-state index contributed by atoms with van der Waals surface area (Å²) in [6.45, 7) is 7.67. The van der Waals surface area contributed by atoms with Gasteiger partial charge in [0.2, 0.25) is 0 Å². The zero-order chi connectivity index (χ0) is 15.0. The minimum Gasteiger partial charge on any atom is -0.385 e. The van der Waals surface area contributed by atoms with Gasteiger partial charge in [0, 0.05) is 23.9 Å². The number of rotatable bonds is 3. The Hall–Kier alpha value is -0.0900. The van der Waals surface area contributed by atoms with Gasteiger partial charge in [-0.25, -0.2) is 0 Å². The molecule has 0 spiro atoms. The molecule has 1 aliphatic heterocycles. The van der Waals surface area contributed by atoms with Gasteiger partial charge in [0.25, 0.3) is 0 Å². The lowest BCUT2D eigenvalue weighted by molar-refractivity contribution is -0.131. The number of nitrogens with zero attached hydrogens (tertiary/aromatic N) is 1. The maximum atomic E-state index is 11.3. The number of aliphatic hydroxyl groups excluding tert-OH is 1. The normalized spacial score (nSPS) is 36.5. The molecule has 1 fully saturated rings. The Labute approximate surface area is 127 Å². The SMILES string of the molecule is CCC(O)N1CCC(O)(C2=CCC(Cl)CC2)C(C)(C)C1. The molecule has 0 aromatic heterocycles. The molecule has 2 aliphatic rings. The van der Waals surface area contributed by atoms with Crippen molar-refractivity contribution in [3.8, 4) is 0 Å². The Kier molecular flexibility index (Phi) is 4.85. The smallest absolute Gasteiger partial charge is 0.107 e. The molecule has 116 valence electrons. The number of hydrogen-bond donors (Lipinski definition) is 2. The molecule has 0 aromatic rings. The Balaban J connectivity index is 2.17. The molecule has 1 aliphatic carbocycles. The fourth-order valence-corrected chi connectivity index (χ4v) is 3.85. The third-order valence-corrected chi connectivity index (χ3v) is 5.54. The molecule has 2 N–H and O–H groups in total. The predicted molar refractivity (Wildman–Crippen MR) is 82.8 cm³/mol. The monoisotopic (exact) mass is 301 g/mol. The first-order valence-corrected chi connectivity index (χ1v) is 8.22. The van der Waals surface area contributed by atoms with Crippen molar-refractivity contribution in [1.82, 2.24) is 4.90 Å². The van der Waals surface area contributed by atoms with Crippen LogP contribution < -0.4 is 0 Å². The molecule has 3 nitrogen and oxygen atoms in total. The van der Waals surface area contributed by atoms with Crippen LogP contribution in [0.2, 0.25) is 0 Å². The highest BCUT2D eigenvalue weighted by Gasteiger charge is 2.50. The Bertz CT molecular complexity index is 383. The van der Waals surface area contributed by atoms with Crippen LogP contribution in [-0.4, -0.2) is 45.4 Å². The molecular formula is C16H28ClNO2. The number of aliphatic hydroxyl groups is 2. The highest BCUT2D eigenvalue weighted by atomic mass is 35.5. The van der Waals surface area contributed by atoms with Gasteiger partial charge in [-0.1, -0.05) is 26.8 Å². The van der Waals surface area contributed by atoms with E-state index in [2.05, 4.69) is 24.8 Å². The van der Waals surface area contributed by atoms with Gasteiger partial charge in [-0.3, -0.25) is 4.90 Å². The number of alkyl halides is 1. The Morgan fingerprint density at radius 1 is 1.50 bits per heavy atom. The van der Waals surface area contributed by atoms with E-state index in [-0.39, 0.29) is 10.8 Å². The average molecular weight is 302 g/mol. The minimum absolute atomic E-state index is 0.215. The lowest BCUT2D eigenvalue weighted by Crippen LogP contribution is -2.60. The van der Waals surface area contributed by atoms with E-state index < -0.39 is 11.8 Å². The molecule has 0 amide bonds. The first-order valence-electron chi connectivity index (χ1n) is 7.78. The first kappa shape index (κ1) is 16.3.